The van der Waals surface area contributed by atoms with Crippen molar-refractivity contribution >= 4 is 5.97 Å². The molecule has 14 heavy (non-hydrogen) atoms. The van der Waals surface area contributed by atoms with Crippen LogP contribution in [0, 0.1) is 0 Å². The Labute approximate surface area is 80.2 Å². The zero-order valence-corrected chi connectivity index (χ0v) is 7.66. The number of esters is 1. The van der Waals surface area contributed by atoms with E-state index >= 15 is 0 Å². The van der Waals surface area contributed by atoms with Gasteiger partial charge in [0.25, 0.3) is 0 Å². The third-order valence-corrected chi connectivity index (χ3v) is 1.87. The minimum atomic E-state index is -0.722. The van der Waals surface area contributed by atoms with E-state index in [1.54, 1.807) is 0 Å². The molecule has 0 amide bonds. The molecule has 1 rings (SSSR count). The molecule has 1 saturated heterocycles. The first-order chi connectivity index (χ1) is 6.67. The molecule has 0 saturated carbocycles. The number of ether oxygens (including phenoxy) is 2. The summed E-state index contributed by atoms with van der Waals surface area (Å²) >= 11 is 0. The third-order valence-electron chi connectivity index (χ3n) is 1.87. The molecule has 7 nitrogen and oxygen atoms in total. The van der Waals surface area contributed by atoms with Crippen molar-refractivity contribution < 1.29 is 19.4 Å². The Hall–Kier alpha value is -1.30. The molecule has 3 atom stereocenters. The number of nitrogens with zero attached hydrogens (tertiary/aromatic N) is 3. The first-order valence-corrected chi connectivity index (χ1v) is 4.15. The van der Waals surface area contributed by atoms with Crippen molar-refractivity contribution in [2.45, 2.75) is 31.8 Å². The SMILES string of the molecule is CC(=O)O[C@H]1C[C@@H](N=[N+]=[N-])[C@H](CO)O1. The fraction of sp³-hybridized carbons (Fsp3) is 0.857. The molecule has 1 fully saturated rings. The number of azide groups is 1. The van der Waals surface area contributed by atoms with Gasteiger partial charge in [-0.1, -0.05) is 5.11 Å². The zero-order chi connectivity index (χ0) is 10.6. The van der Waals surface area contributed by atoms with Gasteiger partial charge in [0.05, 0.1) is 18.8 Å². The van der Waals surface area contributed by atoms with Crippen molar-refractivity contribution in [2.75, 3.05) is 6.61 Å². The second-order valence-corrected chi connectivity index (χ2v) is 2.90. The fourth-order valence-corrected chi connectivity index (χ4v) is 1.30. The Kier molecular flexibility index (Phi) is 3.70. The zero-order valence-electron chi connectivity index (χ0n) is 7.66. The van der Waals surface area contributed by atoms with Crippen LogP contribution < -0.4 is 0 Å². The van der Waals surface area contributed by atoms with E-state index in [9.17, 15) is 4.79 Å². The maximum atomic E-state index is 10.6. The first-order valence-electron chi connectivity index (χ1n) is 4.15. The third kappa shape index (κ3) is 2.59. The van der Waals surface area contributed by atoms with Crippen LogP contribution in [0.3, 0.4) is 0 Å². The van der Waals surface area contributed by atoms with Gasteiger partial charge in [-0.05, 0) is 5.53 Å². The van der Waals surface area contributed by atoms with Gasteiger partial charge >= 0.3 is 5.97 Å². The monoisotopic (exact) mass is 201 g/mol. The molecule has 0 aromatic rings. The number of carbonyl (C=O) groups is 1. The number of aliphatic hydroxyl groups is 1. The number of aliphatic hydroxyl groups excluding tert-OH is 1. The highest BCUT2D eigenvalue weighted by molar-refractivity contribution is 5.66. The summed E-state index contributed by atoms with van der Waals surface area (Å²) in [6.45, 7) is 1.000. The quantitative estimate of drug-likeness (QED) is 0.307. The van der Waals surface area contributed by atoms with Gasteiger partial charge in [0.1, 0.15) is 0 Å². The second kappa shape index (κ2) is 4.80. The summed E-state index contributed by atoms with van der Waals surface area (Å²) in [7, 11) is 0. The Morgan fingerprint density at radius 2 is 2.57 bits per heavy atom. The summed E-state index contributed by atoms with van der Waals surface area (Å²) in [5, 5.41) is 12.3. The van der Waals surface area contributed by atoms with Crippen LogP contribution in [0.25, 0.3) is 10.4 Å². The Bertz CT molecular complexity index is 264. The van der Waals surface area contributed by atoms with Gasteiger partial charge in [-0.3, -0.25) is 4.79 Å². The molecule has 0 aliphatic carbocycles. The number of carbonyl (C=O) groups excluding carboxylic acids is 1. The number of hydrogen-bond acceptors (Lipinski definition) is 5. The molecule has 0 unspecified atom stereocenters. The summed E-state index contributed by atoms with van der Waals surface area (Å²) in [4.78, 5) is 13.2. The lowest BCUT2D eigenvalue weighted by atomic mass is 10.1. The number of hydrogen-bond donors (Lipinski definition) is 1. The Morgan fingerprint density at radius 3 is 3.07 bits per heavy atom. The highest BCUT2D eigenvalue weighted by Crippen LogP contribution is 2.24. The van der Waals surface area contributed by atoms with Crippen LogP contribution in [0.4, 0.5) is 0 Å². The van der Waals surface area contributed by atoms with Crippen molar-refractivity contribution in [3.05, 3.63) is 10.4 Å². The van der Waals surface area contributed by atoms with E-state index in [4.69, 9.17) is 20.1 Å². The van der Waals surface area contributed by atoms with Gasteiger partial charge in [0, 0.05) is 18.3 Å². The van der Waals surface area contributed by atoms with Crippen molar-refractivity contribution in [2.24, 2.45) is 5.11 Å². The first kappa shape index (κ1) is 10.8. The smallest absolute Gasteiger partial charge is 0.304 e. The summed E-state index contributed by atoms with van der Waals surface area (Å²) in [5.74, 6) is -0.465. The van der Waals surface area contributed by atoms with Gasteiger partial charge in [-0.15, -0.1) is 0 Å². The molecular weight excluding hydrogens is 190 g/mol. The molecule has 0 spiro atoms. The van der Waals surface area contributed by atoms with Crippen LogP contribution in [0.15, 0.2) is 5.11 Å². The van der Waals surface area contributed by atoms with E-state index in [0.717, 1.165) is 0 Å². The van der Waals surface area contributed by atoms with Crippen LogP contribution in [-0.4, -0.2) is 36.1 Å². The lowest BCUT2D eigenvalue weighted by Crippen LogP contribution is -2.23. The van der Waals surface area contributed by atoms with Crippen LogP contribution in [0.1, 0.15) is 13.3 Å². The molecule has 0 bridgehead atoms. The van der Waals surface area contributed by atoms with Crippen LogP contribution >= 0.6 is 0 Å². The average Bonchev–Trinajstić information content (AvgIpc) is 2.47. The Morgan fingerprint density at radius 1 is 1.86 bits per heavy atom. The summed E-state index contributed by atoms with van der Waals surface area (Å²) < 4.78 is 9.89. The summed E-state index contributed by atoms with van der Waals surface area (Å²) in [6, 6.07) is -0.477. The van der Waals surface area contributed by atoms with Gasteiger partial charge < -0.3 is 14.6 Å². The van der Waals surface area contributed by atoms with E-state index in [2.05, 4.69) is 10.0 Å². The van der Waals surface area contributed by atoms with Gasteiger partial charge in [0.15, 0.2) is 0 Å². The average molecular weight is 201 g/mol. The van der Waals surface area contributed by atoms with Crippen molar-refractivity contribution in [3.63, 3.8) is 0 Å². The van der Waals surface area contributed by atoms with Crippen LogP contribution in [0.2, 0.25) is 0 Å². The maximum absolute atomic E-state index is 10.6. The van der Waals surface area contributed by atoms with Gasteiger partial charge in [0.2, 0.25) is 6.29 Å². The van der Waals surface area contributed by atoms with Gasteiger partial charge in [-0.25, -0.2) is 0 Å². The molecule has 78 valence electrons. The molecule has 0 radical (unpaired) electrons. The summed E-state index contributed by atoms with van der Waals surface area (Å²) in [5.41, 5.74) is 8.22. The van der Waals surface area contributed by atoms with Crippen LogP contribution in [0.5, 0.6) is 0 Å². The number of rotatable bonds is 3. The molecule has 1 aliphatic rings. The highest BCUT2D eigenvalue weighted by Gasteiger charge is 2.35. The van der Waals surface area contributed by atoms with E-state index in [1.165, 1.54) is 6.92 Å². The van der Waals surface area contributed by atoms with Crippen molar-refractivity contribution in [1.29, 1.82) is 0 Å². The van der Waals surface area contributed by atoms with Crippen molar-refractivity contribution in [3.8, 4) is 0 Å². The molecule has 0 aromatic heterocycles. The molecule has 1 aliphatic heterocycles. The standard InChI is InChI=1S/C7H11N3O4/c1-4(12)13-7-2-5(9-10-8)6(3-11)14-7/h5-7,11H,2-3H2,1H3/t5-,6+,7-/m1/s1. The van der Waals surface area contributed by atoms with Crippen molar-refractivity contribution in [1.82, 2.24) is 0 Å². The van der Waals surface area contributed by atoms with Gasteiger partial charge in [-0.2, -0.15) is 0 Å². The maximum Gasteiger partial charge on any atom is 0.304 e. The molecule has 0 aromatic carbocycles. The Balaban J connectivity index is 2.55. The topological polar surface area (TPSA) is 105 Å². The molecule has 1 N–H and O–H groups in total. The van der Waals surface area contributed by atoms with Crippen LogP contribution in [-0.2, 0) is 14.3 Å². The van der Waals surface area contributed by atoms with E-state index in [-0.39, 0.29) is 13.0 Å². The van der Waals surface area contributed by atoms with E-state index in [1.807, 2.05) is 0 Å². The lowest BCUT2D eigenvalue weighted by Gasteiger charge is -2.11. The summed E-state index contributed by atoms with van der Waals surface area (Å²) in [6.07, 6.45) is -1.02. The minimum Gasteiger partial charge on any atom is -0.436 e. The molecular formula is C7H11N3O4. The van der Waals surface area contributed by atoms with E-state index < -0.39 is 24.4 Å². The largest absolute Gasteiger partial charge is 0.436 e. The predicted octanol–water partition coefficient (Wildman–Crippen LogP) is 0.336. The minimum absolute atomic E-state index is 0.262. The normalized spacial score (nSPS) is 30.9. The second-order valence-electron chi connectivity index (χ2n) is 2.90. The molecule has 7 heteroatoms. The predicted molar refractivity (Wildman–Crippen MR) is 45.1 cm³/mol. The lowest BCUT2D eigenvalue weighted by molar-refractivity contribution is -0.174. The molecule has 1 heterocycles. The van der Waals surface area contributed by atoms with E-state index in [0.29, 0.717) is 0 Å². The highest BCUT2D eigenvalue weighted by atomic mass is 16.7. The fourth-order valence-electron chi connectivity index (χ4n) is 1.30.